The van der Waals surface area contributed by atoms with E-state index in [1.54, 1.807) is 7.11 Å². The van der Waals surface area contributed by atoms with Crippen molar-refractivity contribution in [2.24, 2.45) is 0 Å². The first kappa shape index (κ1) is 12.9. The highest BCUT2D eigenvalue weighted by Crippen LogP contribution is 2.36. The lowest BCUT2D eigenvalue weighted by Crippen LogP contribution is -2.01. The Morgan fingerprint density at radius 1 is 1.19 bits per heavy atom. The molecule has 86 valence electrons. The summed E-state index contributed by atoms with van der Waals surface area (Å²) in [5, 5.41) is 9.44. The Kier molecular flexibility index (Phi) is 4.20. The van der Waals surface area contributed by atoms with Crippen molar-refractivity contribution in [1.82, 2.24) is 0 Å². The van der Waals surface area contributed by atoms with Crippen LogP contribution in [0.25, 0.3) is 0 Å². The lowest BCUT2D eigenvalue weighted by atomic mass is 9.96. The molecule has 0 bridgehead atoms. The summed E-state index contributed by atoms with van der Waals surface area (Å²) in [6, 6.07) is 2.15. The number of ether oxygens (including phenoxy) is 1. The zero-order chi connectivity index (χ0) is 12.3. The predicted octanol–water partition coefficient (Wildman–Crippen LogP) is 3.73. The van der Waals surface area contributed by atoms with Gasteiger partial charge >= 0.3 is 0 Å². The first-order chi connectivity index (χ1) is 7.54. The first-order valence-electron chi connectivity index (χ1n) is 5.23. The summed E-state index contributed by atoms with van der Waals surface area (Å²) in [5.41, 5.74) is 4.19. The lowest BCUT2D eigenvalue weighted by molar-refractivity contribution is 0.405. The molecule has 0 aromatic heterocycles. The molecule has 0 saturated carbocycles. The van der Waals surface area contributed by atoms with Crippen LogP contribution in [-0.4, -0.2) is 7.11 Å². The number of benzene rings is 1. The van der Waals surface area contributed by atoms with Gasteiger partial charge in [-0.2, -0.15) is 5.26 Å². The average Bonchev–Trinajstić information content (AvgIpc) is 2.29. The number of methoxy groups -OCH3 is 1. The van der Waals surface area contributed by atoms with Crippen molar-refractivity contribution >= 4 is 11.6 Å². The zero-order valence-corrected chi connectivity index (χ0v) is 10.9. The molecule has 0 radical (unpaired) electrons. The largest absolute Gasteiger partial charge is 0.496 e. The van der Waals surface area contributed by atoms with Crippen LogP contribution in [0.2, 0.25) is 5.02 Å². The van der Waals surface area contributed by atoms with E-state index < -0.39 is 0 Å². The van der Waals surface area contributed by atoms with Crippen LogP contribution < -0.4 is 4.74 Å². The standard InChI is InChI=1S/C13H16ClNO/c1-8-9(2)13(16-4)11(6-5-7-15)10(3)12(8)14/h5-6H2,1-4H3. The van der Waals surface area contributed by atoms with Crippen LogP contribution in [0.15, 0.2) is 0 Å². The summed E-state index contributed by atoms with van der Waals surface area (Å²) in [4.78, 5) is 0. The second-order valence-corrected chi connectivity index (χ2v) is 4.24. The minimum absolute atomic E-state index is 0.482. The van der Waals surface area contributed by atoms with E-state index >= 15 is 0 Å². The van der Waals surface area contributed by atoms with E-state index in [0.29, 0.717) is 12.8 Å². The number of halogens is 1. The van der Waals surface area contributed by atoms with Gasteiger partial charge in [-0.15, -0.1) is 0 Å². The molecular formula is C13H16ClNO. The van der Waals surface area contributed by atoms with Crippen molar-refractivity contribution in [2.45, 2.75) is 33.6 Å². The summed E-state index contributed by atoms with van der Waals surface area (Å²) >= 11 is 6.26. The van der Waals surface area contributed by atoms with Crippen LogP contribution >= 0.6 is 11.6 Å². The van der Waals surface area contributed by atoms with Crippen LogP contribution in [-0.2, 0) is 6.42 Å². The van der Waals surface area contributed by atoms with Gasteiger partial charge < -0.3 is 4.74 Å². The Morgan fingerprint density at radius 3 is 2.31 bits per heavy atom. The summed E-state index contributed by atoms with van der Waals surface area (Å²) in [7, 11) is 1.66. The van der Waals surface area contributed by atoms with Crippen molar-refractivity contribution in [3.05, 3.63) is 27.3 Å². The molecule has 3 heteroatoms. The van der Waals surface area contributed by atoms with E-state index in [2.05, 4.69) is 6.07 Å². The average molecular weight is 238 g/mol. The Labute approximate surface area is 102 Å². The molecule has 1 rings (SSSR count). The molecule has 0 fully saturated rings. The SMILES string of the molecule is COc1c(C)c(C)c(Cl)c(C)c1CCC#N. The molecule has 0 atom stereocenters. The van der Waals surface area contributed by atoms with Crippen molar-refractivity contribution in [2.75, 3.05) is 7.11 Å². The van der Waals surface area contributed by atoms with E-state index in [9.17, 15) is 0 Å². The number of nitrogens with zero attached hydrogens (tertiary/aromatic N) is 1. The number of hydrogen-bond acceptors (Lipinski definition) is 2. The molecule has 0 saturated heterocycles. The van der Waals surface area contributed by atoms with E-state index in [-0.39, 0.29) is 0 Å². The van der Waals surface area contributed by atoms with Crippen molar-refractivity contribution in [3.63, 3.8) is 0 Å². The van der Waals surface area contributed by atoms with E-state index in [0.717, 1.165) is 33.0 Å². The molecule has 0 aliphatic rings. The molecule has 0 unspecified atom stereocenters. The first-order valence-corrected chi connectivity index (χ1v) is 5.61. The molecule has 0 amide bonds. The van der Waals surface area contributed by atoms with Gasteiger partial charge in [-0.1, -0.05) is 11.6 Å². The van der Waals surface area contributed by atoms with Gasteiger partial charge in [0.2, 0.25) is 0 Å². The van der Waals surface area contributed by atoms with Gasteiger partial charge in [-0.3, -0.25) is 0 Å². The molecule has 0 N–H and O–H groups in total. The Balaban J connectivity index is 3.40. The maximum Gasteiger partial charge on any atom is 0.125 e. The number of hydrogen-bond donors (Lipinski definition) is 0. The molecule has 0 aliphatic heterocycles. The molecule has 16 heavy (non-hydrogen) atoms. The summed E-state index contributed by atoms with van der Waals surface area (Å²) in [5.74, 6) is 0.870. The molecular weight excluding hydrogens is 222 g/mol. The highest BCUT2D eigenvalue weighted by molar-refractivity contribution is 6.32. The monoisotopic (exact) mass is 237 g/mol. The lowest BCUT2D eigenvalue weighted by Gasteiger charge is -2.17. The van der Waals surface area contributed by atoms with Crippen LogP contribution in [0.1, 0.15) is 28.7 Å². The molecule has 0 aliphatic carbocycles. The van der Waals surface area contributed by atoms with E-state index in [1.165, 1.54) is 0 Å². The van der Waals surface area contributed by atoms with Gasteiger partial charge in [0, 0.05) is 11.4 Å². The Hall–Kier alpha value is -1.20. The van der Waals surface area contributed by atoms with Gasteiger partial charge in [-0.05, 0) is 49.4 Å². The third kappa shape index (κ3) is 2.15. The van der Waals surface area contributed by atoms with Crippen molar-refractivity contribution in [1.29, 1.82) is 5.26 Å². The second-order valence-electron chi connectivity index (χ2n) is 3.86. The van der Waals surface area contributed by atoms with E-state index in [4.69, 9.17) is 21.6 Å². The summed E-state index contributed by atoms with van der Waals surface area (Å²) in [6.07, 6.45) is 1.17. The van der Waals surface area contributed by atoms with E-state index in [1.807, 2.05) is 20.8 Å². The summed E-state index contributed by atoms with van der Waals surface area (Å²) in [6.45, 7) is 5.96. The van der Waals surface area contributed by atoms with Gasteiger partial charge in [0.05, 0.1) is 13.2 Å². The number of rotatable bonds is 3. The normalized spacial score (nSPS) is 10.0. The van der Waals surface area contributed by atoms with Gasteiger partial charge in [0.15, 0.2) is 0 Å². The van der Waals surface area contributed by atoms with Crippen molar-refractivity contribution < 1.29 is 4.74 Å². The van der Waals surface area contributed by atoms with Crippen LogP contribution in [0, 0.1) is 32.1 Å². The third-order valence-corrected chi connectivity index (χ3v) is 3.55. The molecule has 0 spiro atoms. The predicted molar refractivity (Wildman–Crippen MR) is 66.1 cm³/mol. The molecule has 0 heterocycles. The quantitative estimate of drug-likeness (QED) is 0.803. The van der Waals surface area contributed by atoms with Crippen molar-refractivity contribution in [3.8, 4) is 11.8 Å². The fourth-order valence-electron chi connectivity index (χ4n) is 1.90. The van der Waals surface area contributed by atoms with Gasteiger partial charge in [-0.25, -0.2) is 0 Å². The zero-order valence-electron chi connectivity index (χ0n) is 10.1. The van der Waals surface area contributed by atoms with Crippen LogP contribution in [0.3, 0.4) is 0 Å². The highest BCUT2D eigenvalue weighted by Gasteiger charge is 2.16. The van der Waals surface area contributed by atoms with Crippen LogP contribution in [0.5, 0.6) is 5.75 Å². The summed E-state index contributed by atoms with van der Waals surface area (Å²) < 4.78 is 5.42. The third-order valence-electron chi connectivity index (χ3n) is 2.98. The smallest absolute Gasteiger partial charge is 0.125 e. The topological polar surface area (TPSA) is 33.0 Å². The minimum Gasteiger partial charge on any atom is -0.496 e. The fourth-order valence-corrected chi connectivity index (χ4v) is 2.16. The maximum absolute atomic E-state index is 8.65. The maximum atomic E-state index is 8.65. The fraction of sp³-hybridized carbons (Fsp3) is 0.462. The molecule has 1 aromatic rings. The minimum atomic E-state index is 0.482. The van der Waals surface area contributed by atoms with Crippen LogP contribution in [0.4, 0.5) is 0 Å². The van der Waals surface area contributed by atoms with Gasteiger partial charge in [0.1, 0.15) is 5.75 Å². The second kappa shape index (κ2) is 5.23. The van der Waals surface area contributed by atoms with Gasteiger partial charge in [0.25, 0.3) is 0 Å². The number of nitriles is 1. The Bertz CT molecular complexity index is 446. The highest BCUT2D eigenvalue weighted by atomic mass is 35.5. The Morgan fingerprint density at radius 2 is 1.81 bits per heavy atom. The molecule has 1 aromatic carbocycles. The molecule has 2 nitrogen and oxygen atoms in total.